The van der Waals surface area contributed by atoms with Crippen molar-refractivity contribution in [3.8, 4) is 0 Å². The van der Waals surface area contributed by atoms with Crippen molar-refractivity contribution < 1.29 is 4.79 Å². The Bertz CT molecular complexity index is 209. The maximum atomic E-state index is 11.8. The first kappa shape index (κ1) is 13.7. The predicted molar refractivity (Wildman–Crippen MR) is 69.4 cm³/mol. The molecule has 3 unspecified atom stereocenters. The summed E-state index contributed by atoms with van der Waals surface area (Å²) < 4.78 is 0. The molecule has 0 aromatic heterocycles. The van der Waals surface area contributed by atoms with Gasteiger partial charge in [-0.2, -0.15) is 0 Å². The summed E-state index contributed by atoms with van der Waals surface area (Å²) in [7, 11) is 0. The summed E-state index contributed by atoms with van der Waals surface area (Å²) in [5.74, 6) is 2.47. The second kappa shape index (κ2) is 7.09. The third-order valence-electron chi connectivity index (χ3n) is 4.16. The van der Waals surface area contributed by atoms with Gasteiger partial charge in [-0.1, -0.05) is 52.9 Å². The summed E-state index contributed by atoms with van der Waals surface area (Å²) in [6, 6.07) is 0. The van der Waals surface area contributed by atoms with Crippen LogP contribution in [0.15, 0.2) is 0 Å². The van der Waals surface area contributed by atoms with Gasteiger partial charge in [-0.25, -0.2) is 0 Å². The van der Waals surface area contributed by atoms with Crippen molar-refractivity contribution in [2.75, 3.05) is 0 Å². The molecule has 1 rings (SSSR count). The number of carbonyl (C=O) groups excluding carboxylic acids is 1. The fourth-order valence-electron chi connectivity index (χ4n) is 2.66. The van der Waals surface area contributed by atoms with Crippen molar-refractivity contribution in [3.63, 3.8) is 0 Å². The van der Waals surface area contributed by atoms with Crippen LogP contribution in [-0.2, 0) is 4.79 Å². The molecule has 0 aliphatic heterocycles. The first-order chi connectivity index (χ1) is 7.59. The monoisotopic (exact) mass is 224 g/mol. The minimum absolute atomic E-state index is 0.307. The van der Waals surface area contributed by atoms with Gasteiger partial charge in [-0.3, -0.25) is 4.79 Å². The molecule has 0 N–H and O–H groups in total. The van der Waals surface area contributed by atoms with Crippen LogP contribution in [0.25, 0.3) is 0 Å². The van der Waals surface area contributed by atoms with Crippen molar-refractivity contribution in [2.45, 2.75) is 72.1 Å². The molecule has 3 atom stereocenters. The van der Waals surface area contributed by atoms with Crippen LogP contribution in [0, 0.1) is 17.8 Å². The molecule has 1 aliphatic rings. The van der Waals surface area contributed by atoms with Crippen LogP contribution in [0.5, 0.6) is 0 Å². The molecule has 0 radical (unpaired) electrons. The highest BCUT2D eigenvalue weighted by atomic mass is 16.1. The van der Waals surface area contributed by atoms with Gasteiger partial charge in [0.1, 0.15) is 5.78 Å². The molecule has 1 saturated carbocycles. The van der Waals surface area contributed by atoms with Crippen molar-refractivity contribution in [3.05, 3.63) is 0 Å². The highest BCUT2D eigenvalue weighted by Crippen LogP contribution is 2.24. The zero-order valence-electron chi connectivity index (χ0n) is 11.3. The van der Waals surface area contributed by atoms with Gasteiger partial charge in [0.05, 0.1) is 0 Å². The van der Waals surface area contributed by atoms with Gasteiger partial charge in [-0.15, -0.1) is 0 Å². The first-order valence-electron chi connectivity index (χ1n) is 7.12. The van der Waals surface area contributed by atoms with Gasteiger partial charge < -0.3 is 0 Å². The lowest BCUT2D eigenvalue weighted by molar-refractivity contribution is -0.122. The van der Waals surface area contributed by atoms with Crippen molar-refractivity contribution in [1.82, 2.24) is 0 Å². The van der Waals surface area contributed by atoms with Crippen LogP contribution < -0.4 is 0 Å². The Balaban J connectivity index is 2.43. The molecule has 0 heterocycles. The smallest absolute Gasteiger partial charge is 0.135 e. The van der Waals surface area contributed by atoms with E-state index in [0.717, 1.165) is 31.1 Å². The van der Waals surface area contributed by atoms with E-state index in [4.69, 9.17) is 0 Å². The molecule has 0 saturated heterocycles. The molecule has 0 aromatic carbocycles. The molecule has 0 bridgehead atoms. The van der Waals surface area contributed by atoms with Gasteiger partial charge in [0, 0.05) is 12.3 Å². The number of hydrogen-bond acceptors (Lipinski definition) is 1. The van der Waals surface area contributed by atoms with Gasteiger partial charge >= 0.3 is 0 Å². The van der Waals surface area contributed by atoms with Crippen LogP contribution in [0.4, 0.5) is 0 Å². The first-order valence-corrected chi connectivity index (χ1v) is 7.12. The largest absolute Gasteiger partial charge is 0.299 e. The number of carbonyl (C=O) groups is 1. The lowest BCUT2D eigenvalue weighted by Gasteiger charge is -2.18. The molecule has 1 nitrogen and oxygen atoms in total. The lowest BCUT2D eigenvalue weighted by atomic mass is 9.87. The normalized spacial score (nSPS) is 35.2. The fourth-order valence-corrected chi connectivity index (χ4v) is 2.66. The summed E-state index contributed by atoms with van der Waals surface area (Å²) in [6.07, 6.45) is 9.56. The number of hydrogen-bond donors (Lipinski definition) is 0. The van der Waals surface area contributed by atoms with Crippen molar-refractivity contribution in [2.24, 2.45) is 17.8 Å². The Morgan fingerprint density at radius 3 is 2.00 bits per heavy atom. The van der Waals surface area contributed by atoms with E-state index >= 15 is 0 Å². The predicted octanol–water partition coefficient (Wildman–Crippen LogP) is 4.60. The zero-order valence-corrected chi connectivity index (χ0v) is 11.3. The summed E-state index contributed by atoms with van der Waals surface area (Å²) in [6.45, 7) is 6.82. The summed E-state index contributed by atoms with van der Waals surface area (Å²) in [5.41, 5.74) is 0. The second-order valence-electron chi connectivity index (χ2n) is 5.98. The molecule has 1 fully saturated rings. The second-order valence-corrected chi connectivity index (χ2v) is 5.98. The van der Waals surface area contributed by atoms with Crippen molar-refractivity contribution >= 4 is 5.78 Å². The molecule has 0 aromatic rings. The number of ketones is 1. The third kappa shape index (κ3) is 5.14. The SMILES string of the molecule is CC1CCCC(=O)C(C)CCCC(C)CC1. The van der Waals surface area contributed by atoms with Gasteiger partial charge in [0.15, 0.2) is 0 Å². The van der Waals surface area contributed by atoms with E-state index in [9.17, 15) is 4.79 Å². The summed E-state index contributed by atoms with van der Waals surface area (Å²) in [5, 5.41) is 0. The fraction of sp³-hybridized carbons (Fsp3) is 0.933. The average Bonchev–Trinajstić information content (AvgIpc) is 2.24. The highest BCUT2D eigenvalue weighted by molar-refractivity contribution is 5.80. The average molecular weight is 224 g/mol. The Morgan fingerprint density at radius 1 is 0.812 bits per heavy atom. The minimum Gasteiger partial charge on any atom is -0.299 e. The molecule has 94 valence electrons. The van der Waals surface area contributed by atoms with E-state index in [-0.39, 0.29) is 0 Å². The van der Waals surface area contributed by atoms with Crippen LogP contribution in [0.2, 0.25) is 0 Å². The van der Waals surface area contributed by atoms with Gasteiger partial charge in [-0.05, 0) is 24.7 Å². The number of Topliss-reactive ketones (excluding diaryl/α,β-unsaturated/α-hetero) is 1. The zero-order chi connectivity index (χ0) is 12.0. The molecule has 1 aliphatic carbocycles. The highest BCUT2D eigenvalue weighted by Gasteiger charge is 2.15. The molecule has 0 spiro atoms. The third-order valence-corrected chi connectivity index (χ3v) is 4.16. The van der Waals surface area contributed by atoms with E-state index in [0.29, 0.717) is 11.7 Å². The van der Waals surface area contributed by atoms with Crippen LogP contribution in [0.1, 0.15) is 72.1 Å². The quantitative estimate of drug-likeness (QED) is 0.588. The minimum atomic E-state index is 0.307. The van der Waals surface area contributed by atoms with E-state index in [1.165, 1.54) is 32.1 Å². The molecule has 1 heteroatoms. The van der Waals surface area contributed by atoms with E-state index < -0.39 is 0 Å². The van der Waals surface area contributed by atoms with E-state index in [1.54, 1.807) is 0 Å². The summed E-state index contributed by atoms with van der Waals surface area (Å²) in [4.78, 5) is 11.8. The lowest BCUT2D eigenvalue weighted by Crippen LogP contribution is -2.13. The topological polar surface area (TPSA) is 17.1 Å². The summed E-state index contributed by atoms with van der Waals surface area (Å²) >= 11 is 0. The van der Waals surface area contributed by atoms with Crippen LogP contribution >= 0.6 is 0 Å². The molecular formula is C15H28O. The van der Waals surface area contributed by atoms with Crippen LogP contribution in [0.3, 0.4) is 0 Å². The van der Waals surface area contributed by atoms with Gasteiger partial charge in [0.25, 0.3) is 0 Å². The standard InChI is InChI=1S/C15H28O/c1-12-6-4-8-14(3)15(16)9-5-7-13(2)11-10-12/h12-14H,4-11H2,1-3H3. The Labute approximate surface area is 101 Å². The molecular weight excluding hydrogens is 196 g/mol. The Morgan fingerprint density at radius 2 is 1.38 bits per heavy atom. The van der Waals surface area contributed by atoms with Gasteiger partial charge in [0.2, 0.25) is 0 Å². The maximum absolute atomic E-state index is 11.8. The Hall–Kier alpha value is -0.330. The Kier molecular flexibility index (Phi) is 6.08. The van der Waals surface area contributed by atoms with E-state index in [2.05, 4.69) is 20.8 Å². The number of rotatable bonds is 0. The maximum Gasteiger partial charge on any atom is 0.135 e. The van der Waals surface area contributed by atoms with E-state index in [1.807, 2.05) is 0 Å². The molecule has 16 heavy (non-hydrogen) atoms. The van der Waals surface area contributed by atoms with Crippen molar-refractivity contribution in [1.29, 1.82) is 0 Å². The van der Waals surface area contributed by atoms with Crippen LogP contribution in [-0.4, -0.2) is 5.78 Å². The molecule has 0 amide bonds.